The summed E-state index contributed by atoms with van der Waals surface area (Å²) in [6.45, 7) is 3.00. The van der Waals surface area contributed by atoms with Crippen LogP contribution >= 0.6 is 0 Å². The first-order valence-corrected chi connectivity index (χ1v) is 12.1. The van der Waals surface area contributed by atoms with Gasteiger partial charge in [-0.1, -0.05) is 37.1 Å². The van der Waals surface area contributed by atoms with Gasteiger partial charge in [-0.3, -0.25) is 9.69 Å². The van der Waals surface area contributed by atoms with E-state index in [1.54, 1.807) is 14.2 Å². The van der Waals surface area contributed by atoms with E-state index in [0.717, 1.165) is 49.3 Å². The van der Waals surface area contributed by atoms with Gasteiger partial charge < -0.3 is 14.8 Å². The molecular weight excluding hydrogens is 430 g/mol. The van der Waals surface area contributed by atoms with Crippen LogP contribution in [0.25, 0.3) is 0 Å². The van der Waals surface area contributed by atoms with Crippen molar-refractivity contribution in [3.63, 3.8) is 0 Å². The number of likely N-dealkylation sites (tertiary alicyclic amines) is 1. The largest absolute Gasteiger partial charge is 0.497 e. The molecule has 2 heterocycles. The maximum absolute atomic E-state index is 13.4. The van der Waals surface area contributed by atoms with E-state index >= 15 is 0 Å². The van der Waals surface area contributed by atoms with Crippen molar-refractivity contribution < 1.29 is 19.1 Å². The van der Waals surface area contributed by atoms with E-state index in [4.69, 9.17) is 9.47 Å². The number of methoxy groups -OCH3 is 2. The molecular formula is C27H35N3O4. The molecule has 2 aliphatic rings. The molecule has 7 nitrogen and oxygen atoms in total. The van der Waals surface area contributed by atoms with Gasteiger partial charge in [0.05, 0.1) is 20.9 Å². The number of nitrogens with zero attached hydrogens (tertiary/aromatic N) is 2. The third-order valence-electron chi connectivity index (χ3n) is 7.11. The van der Waals surface area contributed by atoms with Crippen LogP contribution in [-0.4, -0.2) is 54.7 Å². The lowest BCUT2D eigenvalue weighted by atomic mass is 9.93. The molecule has 182 valence electrons. The summed E-state index contributed by atoms with van der Waals surface area (Å²) in [6, 6.07) is 15.8. The zero-order chi connectivity index (χ0) is 24.1. The van der Waals surface area contributed by atoms with Crippen molar-refractivity contribution >= 4 is 11.9 Å². The Bertz CT molecular complexity index is 992. The molecule has 2 aromatic rings. The highest BCUT2D eigenvalue weighted by atomic mass is 16.5. The van der Waals surface area contributed by atoms with Crippen LogP contribution < -0.4 is 14.8 Å². The molecule has 3 amide bonds. The van der Waals surface area contributed by atoms with Gasteiger partial charge >= 0.3 is 6.03 Å². The van der Waals surface area contributed by atoms with Crippen molar-refractivity contribution in [3.05, 3.63) is 59.7 Å². The Morgan fingerprint density at radius 2 is 1.59 bits per heavy atom. The van der Waals surface area contributed by atoms with Gasteiger partial charge in [-0.25, -0.2) is 9.69 Å². The number of carbonyl (C=O) groups is 2. The second-order valence-electron chi connectivity index (χ2n) is 9.44. The lowest BCUT2D eigenvalue weighted by molar-refractivity contribution is -0.132. The van der Waals surface area contributed by atoms with Gasteiger partial charge in [0.2, 0.25) is 0 Å². The zero-order valence-electron chi connectivity index (χ0n) is 20.4. The monoisotopic (exact) mass is 465 g/mol. The van der Waals surface area contributed by atoms with Gasteiger partial charge in [-0.15, -0.1) is 0 Å². The Morgan fingerprint density at radius 1 is 0.941 bits per heavy atom. The molecule has 2 fully saturated rings. The van der Waals surface area contributed by atoms with E-state index in [2.05, 4.69) is 22.3 Å². The van der Waals surface area contributed by atoms with Crippen LogP contribution in [0.2, 0.25) is 0 Å². The van der Waals surface area contributed by atoms with E-state index in [9.17, 15) is 9.59 Å². The SMILES string of the molecule is COc1ccc(CC[C@@]2(C)NC(=O)N(CN3CCCCC[C@H]3c3ccc(OC)cc3)C2=O)cc1. The number of ether oxygens (including phenoxy) is 2. The minimum atomic E-state index is -0.904. The predicted octanol–water partition coefficient (Wildman–Crippen LogP) is 4.52. The average molecular weight is 466 g/mol. The van der Waals surface area contributed by atoms with Gasteiger partial charge in [-0.05, 0) is 68.0 Å². The Balaban J connectivity index is 1.45. The number of rotatable bonds is 8. The van der Waals surface area contributed by atoms with E-state index in [-0.39, 0.29) is 18.0 Å². The minimum Gasteiger partial charge on any atom is -0.497 e. The number of aryl methyl sites for hydroxylation is 1. The third-order valence-corrected chi connectivity index (χ3v) is 7.11. The summed E-state index contributed by atoms with van der Waals surface area (Å²) in [4.78, 5) is 30.0. The highest BCUT2D eigenvalue weighted by Gasteiger charge is 2.48. The lowest BCUT2D eigenvalue weighted by Gasteiger charge is -2.33. The molecule has 7 heteroatoms. The van der Waals surface area contributed by atoms with E-state index in [1.165, 1.54) is 10.5 Å². The van der Waals surface area contributed by atoms with Crippen molar-refractivity contribution in [3.8, 4) is 11.5 Å². The molecule has 0 spiro atoms. The summed E-state index contributed by atoms with van der Waals surface area (Å²) in [5, 5.41) is 2.97. The fourth-order valence-electron chi connectivity index (χ4n) is 4.95. The smallest absolute Gasteiger partial charge is 0.326 e. The summed E-state index contributed by atoms with van der Waals surface area (Å²) in [5.41, 5.74) is 1.39. The van der Waals surface area contributed by atoms with Gasteiger partial charge in [0, 0.05) is 12.6 Å². The van der Waals surface area contributed by atoms with Crippen LogP contribution in [0.1, 0.15) is 56.2 Å². The molecule has 0 aliphatic carbocycles. The number of nitrogens with one attached hydrogen (secondary N) is 1. The predicted molar refractivity (Wildman–Crippen MR) is 131 cm³/mol. The molecule has 2 aliphatic heterocycles. The summed E-state index contributed by atoms with van der Waals surface area (Å²) in [7, 11) is 3.30. The van der Waals surface area contributed by atoms with Crippen molar-refractivity contribution in [1.82, 2.24) is 15.1 Å². The number of urea groups is 1. The molecule has 0 radical (unpaired) electrons. The first-order chi connectivity index (χ1) is 16.4. The van der Waals surface area contributed by atoms with Gasteiger partial charge in [0.15, 0.2) is 0 Å². The Hall–Kier alpha value is -3.06. The molecule has 2 atom stereocenters. The Labute approximate surface area is 202 Å². The van der Waals surface area contributed by atoms with E-state index in [0.29, 0.717) is 19.5 Å². The molecule has 1 N–H and O–H groups in total. The minimum absolute atomic E-state index is 0.149. The van der Waals surface area contributed by atoms with Crippen molar-refractivity contribution in [2.24, 2.45) is 0 Å². The maximum atomic E-state index is 13.4. The number of benzene rings is 2. The quantitative estimate of drug-likeness (QED) is 0.581. The number of amides is 3. The first kappa shape index (κ1) is 24.1. The summed E-state index contributed by atoms with van der Waals surface area (Å²) in [5.74, 6) is 1.48. The number of imide groups is 1. The molecule has 34 heavy (non-hydrogen) atoms. The molecule has 0 bridgehead atoms. The van der Waals surface area contributed by atoms with Crippen LogP contribution in [0, 0.1) is 0 Å². The second-order valence-corrected chi connectivity index (χ2v) is 9.44. The first-order valence-electron chi connectivity index (χ1n) is 12.1. The summed E-state index contributed by atoms with van der Waals surface area (Å²) in [6.07, 6.45) is 5.59. The summed E-state index contributed by atoms with van der Waals surface area (Å²) >= 11 is 0. The van der Waals surface area contributed by atoms with Gasteiger partial charge in [0.25, 0.3) is 5.91 Å². The number of carbonyl (C=O) groups excluding carboxylic acids is 2. The number of hydrogen-bond donors (Lipinski definition) is 1. The Kier molecular flexibility index (Phi) is 7.41. The van der Waals surface area contributed by atoms with Crippen LogP contribution in [-0.2, 0) is 11.2 Å². The molecule has 2 aromatic carbocycles. The van der Waals surface area contributed by atoms with Crippen LogP contribution in [0.3, 0.4) is 0 Å². The lowest BCUT2D eigenvalue weighted by Crippen LogP contribution is -2.46. The van der Waals surface area contributed by atoms with Crippen LogP contribution in [0.15, 0.2) is 48.5 Å². The molecule has 2 saturated heterocycles. The fourth-order valence-corrected chi connectivity index (χ4v) is 4.95. The topological polar surface area (TPSA) is 71.1 Å². The standard InChI is InChI=1S/C27H35N3O4/c1-27(17-16-20-8-12-22(33-2)13-9-20)25(31)30(26(32)28-27)19-29-18-6-4-5-7-24(29)21-10-14-23(34-3)15-11-21/h8-15,24H,4-7,16-19H2,1-3H3,(H,28,32)/t24-,27+/m0/s1. The highest BCUT2D eigenvalue weighted by molar-refractivity contribution is 6.06. The van der Waals surface area contributed by atoms with Crippen molar-refractivity contribution in [2.45, 2.75) is 57.0 Å². The zero-order valence-corrected chi connectivity index (χ0v) is 20.4. The van der Waals surface area contributed by atoms with Crippen molar-refractivity contribution in [2.75, 3.05) is 27.4 Å². The average Bonchev–Trinajstić information content (AvgIpc) is 3.01. The van der Waals surface area contributed by atoms with Gasteiger partial charge in [0.1, 0.15) is 17.0 Å². The molecule has 0 saturated carbocycles. The maximum Gasteiger partial charge on any atom is 0.326 e. The normalized spacial score (nSPS) is 23.5. The number of hydrogen-bond acceptors (Lipinski definition) is 5. The van der Waals surface area contributed by atoms with Crippen molar-refractivity contribution in [1.29, 1.82) is 0 Å². The van der Waals surface area contributed by atoms with Crippen LogP contribution in [0.5, 0.6) is 11.5 Å². The second kappa shape index (κ2) is 10.5. The Morgan fingerprint density at radius 3 is 2.24 bits per heavy atom. The molecule has 0 aromatic heterocycles. The fraction of sp³-hybridized carbons (Fsp3) is 0.481. The summed E-state index contributed by atoms with van der Waals surface area (Å²) < 4.78 is 10.5. The van der Waals surface area contributed by atoms with Crippen LogP contribution in [0.4, 0.5) is 4.79 Å². The molecule has 4 rings (SSSR count). The highest BCUT2D eigenvalue weighted by Crippen LogP contribution is 2.33. The van der Waals surface area contributed by atoms with E-state index in [1.807, 2.05) is 43.3 Å². The third kappa shape index (κ3) is 5.20. The van der Waals surface area contributed by atoms with E-state index < -0.39 is 5.54 Å². The van der Waals surface area contributed by atoms with Gasteiger partial charge in [-0.2, -0.15) is 0 Å². The molecule has 0 unspecified atom stereocenters.